The van der Waals surface area contributed by atoms with Crippen molar-refractivity contribution in [1.82, 2.24) is 9.80 Å². The summed E-state index contributed by atoms with van der Waals surface area (Å²) in [6.45, 7) is 14.3. The van der Waals surface area contributed by atoms with Crippen LogP contribution in [0.5, 0.6) is 0 Å². The molecule has 35 heavy (non-hydrogen) atoms. The second-order valence-electron chi connectivity index (χ2n) is 10.8. The van der Waals surface area contributed by atoms with Gasteiger partial charge < -0.3 is 14.7 Å². The van der Waals surface area contributed by atoms with Crippen LogP contribution in [-0.4, -0.2) is 66.3 Å². The zero-order valence-corrected chi connectivity index (χ0v) is 23.7. The lowest BCUT2D eigenvalue weighted by Gasteiger charge is -2.35. The highest BCUT2D eigenvalue weighted by atomic mass is 16.5. The first-order valence-corrected chi connectivity index (χ1v) is 14.6. The van der Waals surface area contributed by atoms with Crippen LogP contribution in [-0.2, 0) is 9.53 Å². The maximum Gasteiger partial charge on any atom is 0.327 e. The number of unbranched alkanes of at least 4 members (excludes halogenated alkanes) is 4. The molecule has 1 aliphatic heterocycles. The number of imide groups is 1. The van der Waals surface area contributed by atoms with E-state index < -0.39 is 0 Å². The minimum absolute atomic E-state index is 0.00981. The van der Waals surface area contributed by atoms with Crippen LogP contribution >= 0.6 is 0 Å². The Morgan fingerprint density at radius 3 is 1.71 bits per heavy atom. The smallest absolute Gasteiger partial charge is 0.327 e. The van der Waals surface area contributed by atoms with Gasteiger partial charge in [-0.3, -0.25) is 9.69 Å². The third-order valence-electron chi connectivity index (χ3n) is 8.86. The molecular weight excluding hydrogens is 440 g/mol. The van der Waals surface area contributed by atoms with Gasteiger partial charge in [-0.05, 0) is 69.1 Å². The largest absolute Gasteiger partial charge is 0.396 e. The summed E-state index contributed by atoms with van der Waals surface area (Å²) >= 11 is 0. The van der Waals surface area contributed by atoms with Crippen molar-refractivity contribution in [3.05, 3.63) is 0 Å². The van der Waals surface area contributed by atoms with E-state index >= 15 is 0 Å². The van der Waals surface area contributed by atoms with Crippen LogP contribution in [0, 0.1) is 10.8 Å². The van der Waals surface area contributed by atoms with E-state index in [1.54, 1.807) is 4.90 Å². The fourth-order valence-corrected chi connectivity index (χ4v) is 5.62. The van der Waals surface area contributed by atoms with Crippen molar-refractivity contribution in [2.45, 2.75) is 125 Å². The molecular formula is C29H56N2O4. The van der Waals surface area contributed by atoms with Crippen molar-refractivity contribution in [2.24, 2.45) is 10.8 Å². The van der Waals surface area contributed by atoms with Crippen molar-refractivity contribution in [1.29, 1.82) is 0 Å². The molecule has 1 saturated heterocycles. The van der Waals surface area contributed by atoms with Crippen molar-refractivity contribution < 1.29 is 19.4 Å². The molecule has 0 atom stereocenters. The summed E-state index contributed by atoms with van der Waals surface area (Å²) in [7, 11) is 0. The monoisotopic (exact) mass is 496 g/mol. The zero-order valence-electron chi connectivity index (χ0n) is 23.7. The van der Waals surface area contributed by atoms with E-state index in [1.165, 1.54) is 43.4 Å². The first-order valence-electron chi connectivity index (χ1n) is 14.6. The Bertz CT molecular complexity index is 587. The van der Waals surface area contributed by atoms with Crippen molar-refractivity contribution >= 4 is 11.9 Å². The summed E-state index contributed by atoms with van der Waals surface area (Å²) < 4.78 is 5.95. The normalized spacial score (nSPS) is 15.0. The van der Waals surface area contributed by atoms with Gasteiger partial charge in [-0.25, -0.2) is 4.79 Å². The minimum Gasteiger partial charge on any atom is -0.396 e. The Morgan fingerprint density at radius 1 is 0.743 bits per heavy atom. The predicted octanol–water partition coefficient (Wildman–Crippen LogP) is 6.79. The van der Waals surface area contributed by atoms with Gasteiger partial charge in [0.25, 0.3) is 0 Å². The SMILES string of the molecule is CCN1CC(=O)N(CC(CC)(CC)CCCCOCCCCC(CC)(CC)CCCCCO)C1=O. The first-order chi connectivity index (χ1) is 16.9. The zero-order chi connectivity index (χ0) is 26.2. The highest BCUT2D eigenvalue weighted by molar-refractivity contribution is 6.02. The Labute approximate surface area is 216 Å². The number of carbonyl (C=O) groups is 2. The van der Waals surface area contributed by atoms with Gasteiger partial charge in [-0.15, -0.1) is 0 Å². The Balaban J connectivity index is 2.29. The van der Waals surface area contributed by atoms with Gasteiger partial charge in [0, 0.05) is 32.9 Å². The highest BCUT2D eigenvalue weighted by Crippen LogP contribution is 2.38. The molecule has 1 fully saturated rings. The van der Waals surface area contributed by atoms with Crippen LogP contribution in [0.1, 0.15) is 125 Å². The fourth-order valence-electron chi connectivity index (χ4n) is 5.62. The van der Waals surface area contributed by atoms with E-state index in [0.29, 0.717) is 25.1 Å². The molecule has 6 nitrogen and oxygen atoms in total. The number of aliphatic hydroxyl groups excluding tert-OH is 1. The summed E-state index contributed by atoms with van der Waals surface area (Å²) in [5.74, 6) is -0.0493. The summed E-state index contributed by atoms with van der Waals surface area (Å²) in [5.41, 5.74) is 0.473. The average molecular weight is 497 g/mol. The first kappa shape index (κ1) is 31.9. The number of carbonyl (C=O) groups excluding carboxylic acids is 2. The number of hydrogen-bond donors (Lipinski definition) is 1. The number of likely N-dealkylation sites (N-methyl/N-ethyl adjacent to an activating group) is 1. The molecule has 0 aromatic rings. The van der Waals surface area contributed by atoms with E-state index in [0.717, 1.165) is 64.6 Å². The summed E-state index contributed by atoms with van der Waals surface area (Å²) in [6, 6.07) is -0.118. The third-order valence-corrected chi connectivity index (χ3v) is 8.86. The van der Waals surface area contributed by atoms with Gasteiger partial charge in [-0.1, -0.05) is 66.2 Å². The Kier molecular flexibility index (Phi) is 15.8. The fraction of sp³-hybridized carbons (Fsp3) is 0.931. The standard InChI is InChI=1S/C29H56N2O4/c1-6-28(7-2,18-12-11-15-21-32)19-13-16-22-35-23-17-14-20-29(8-3,9-4)25-31-26(33)24-30(10-5)27(31)34/h32H,6-25H2,1-5H3. The van der Waals surface area contributed by atoms with Crippen molar-refractivity contribution in [3.63, 3.8) is 0 Å². The van der Waals surface area contributed by atoms with Crippen LogP contribution in [0.2, 0.25) is 0 Å². The predicted molar refractivity (Wildman–Crippen MR) is 144 cm³/mol. The van der Waals surface area contributed by atoms with E-state index in [4.69, 9.17) is 9.84 Å². The van der Waals surface area contributed by atoms with Crippen LogP contribution in [0.25, 0.3) is 0 Å². The molecule has 0 radical (unpaired) electrons. The van der Waals surface area contributed by atoms with E-state index in [9.17, 15) is 9.59 Å². The van der Waals surface area contributed by atoms with E-state index in [2.05, 4.69) is 27.7 Å². The van der Waals surface area contributed by atoms with Crippen LogP contribution in [0.4, 0.5) is 4.79 Å². The van der Waals surface area contributed by atoms with Crippen molar-refractivity contribution in [2.75, 3.05) is 39.5 Å². The second-order valence-corrected chi connectivity index (χ2v) is 10.8. The number of ether oxygens (including phenoxy) is 1. The second kappa shape index (κ2) is 17.3. The minimum atomic E-state index is -0.118. The molecule has 6 heteroatoms. The molecule has 0 aromatic heterocycles. The number of rotatable bonds is 22. The molecule has 1 N–H and O–H groups in total. The molecule has 1 aliphatic rings. The highest BCUT2D eigenvalue weighted by Gasteiger charge is 2.40. The lowest BCUT2D eigenvalue weighted by atomic mass is 9.74. The lowest BCUT2D eigenvalue weighted by Crippen LogP contribution is -2.41. The number of nitrogens with zero attached hydrogens (tertiary/aromatic N) is 2. The Hall–Kier alpha value is -1.14. The molecule has 0 aliphatic carbocycles. The molecule has 0 bridgehead atoms. The average Bonchev–Trinajstić information content (AvgIpc) is 3.15. The van der Waals surface area contributed by atoms with E-state index in [1.807, 2.05) is 6.92 Å². The summed E-state index contributed by atoms with van der Waals surface area (Å²) in [6.07, 6.45) is 15.8. The molecule has 3 amide bonds. The molecule has 0 unspecified atom stereocenters. The quantitative estimate of drug-likeness (QED) is 0.132. The maximum absolute atomic E-state index is 12.5. The molecule has 206 valence electrons. The molecule has 1 rings (SSSR count). The molecule has 1 heterocycles. The summed E-state index contributed by atoms with van der Waals surface area (Å²) in [5, 5.41) is 9.00. The van der Waals surface area contributed by atoms with Gasteiger partial charge in [-0.2, -0.15) is 0 Å². The maximum atomic E-state index is 12.5. The van der Waals surface area contributed by atoms with Gasteiger partial charge in [0.1, 0.15) is 6.54 Å². The number of amides is 3. The van der Waals surface area contributed by atoms with Gasteiger partial charge in [0.2, 0.25) is 5.91 Å². The van der Waals surface area contributed by atoms with Gasteiger partial charge >= 0.3 is 6.03 Å². The summed E-state index contributed by atoms with van der Waals surface area (Å²) in [4.78, 5) is 28.0. The molecule has 0 spiro atoms. The molecule has 0 aromatic carbocycles. The lowest BCUT2D eigenvalue weighted by molar-refractivity contribution is -0.126. The molecule has 0 saturated carbocycles. The third kappa shape index (κ3) is 10.4. The number of aliphatic hydroxyl groups is 1. The van der Waals surface area contributed by atoms with Crippen LogP contribution < -0.4 is 0 Å². The van der Waals surface area contributed by atoms with Crippen LogP contribution in [0.3, 0.4) is 0 Å². The number of hydrogen-bond acceptors (Lipinski definition) is 4. The van der Waals surface area contributed by atoms with E-state index in [-0.39, 0.29) is 23.9 Å². The number of urea groups is 1. The van der Waals surface area contributed by atoms with Gasteiger partial charge in [0.15, 0.2) is 0 Å². The Morgan fingerprint density at radius 2 is 1.26 bits per heavy atom. The van der Waals surface area contributed by atoms with Crippen LogP contribution in [0.15, 0.2) is 0 Å². The van der Waals surface area contributed by atoms with Crippen molar-refractivity contribution in [3.8, 4) is 0 Å². The van der Waals surface area contributed by atoms with Gasteiger partial charge in [0.05, 0.1) is 0 Å². The topological polar surface area (TPSA) is 70.1 Å².